The average molecular weight is 228 g/mol. The van der Waals surface area contributed by atoms with E-state index in [-0.39, 0.29) is 5.97 Å². The predicted octanol–water partition coefficient (Wildman–Crippen LogP) is 1.53. The SMILES string of the molecule is COC(=O)CCCN(C)Cc1nccs1. The molecule has 0 N–H and O–H groups in total. The first-order chi connectivity index (χ1) is 7.22. The Balaban J connectivity index is 2.14. The third kappa shape index (κ3) is 4.90. The molecule has 0 bridgehead atoms. The van der Waals surface area contributed by atoms with Crippen LogP contribution in [0.1, 0.15) is 17.8 Å². The van der Waals surface area contributed by atoms with Gasteiger partial charge < -0.3 is 4.74 Å². The van der Waals surface area contributed by atoms with Crippen molar-refractivity contribution in [3.63, 3.8) is 0 Å². The molecule has 5 heteroatoms. The molecule has 84 valence electrons. The van der Waals surface area contributed by atoms with E-state index < -0.39 is 0 Å². The van der Waals surface area contributed by atoms with E-state index in [9.17, 15) is 4.79 Å². The molecule has 0 saturated carbocycles. The lowest BCUT2D eigenvalue weighted by Gasteiger charge is -2.13. The van der Waals surface area contributed by atoms with Gasteiger partial charge in [0.1, 0.15) is 5.01 Å². The Labute approximate surface area is 93.9 Å². The maximum absolute atomic E-state index is 10.9. The van der Waals surface area contributed by atoms with Gasteiger partial charge in [-0.05, 0) is 20.0 Å². The number of methoxy groups -OCH3 is 1. The van der Waals surface area contributed by atoms with Crippen LogP contribution in [-0.4, -0.2) is 36.6 Å². The lowest BCUT2D eigenvalue weighted by Crippen LogP contribution is -2.19. The largest absolute Gasteiger partial charge is 0.469 e. The van der Waals surface area contributed by atoms with Gasteiger partial charge in [-0.3, -0.25) is 9.69 Å². The molecule has 1 aromatic rings. The molecule has 0 amide bonds. The number of thiazole rings is 1. The van der Waals surface area contributed by atoms with Gasteiger partial charge in [0.05, 0.1) is 13.7 Å². The Morgan fingerprint density at radius 2 is 2.47 bits per heavy atom. The Hall–Kier alpha value is -0.940. The molecule has 15 heavy (non-hydrogen) atoms. The van der Waals surface area contributed by atoms with Crippen molar-refractivity contribution in [3.8, 4) is 0 Å². The summed E-state index contributed by atoms with van der Waals surface area (Å²) in [6.07, 6.45) is 3.12. The number of carbonyl (C=O) groups excluding carboxylic acids is 1. The molecule has 0 aliphatic heterocycles. The highest BCUT2D eigenvalue weighted by Crippen LogP contribution is 2.07. The van der Waals surface area contributed by atoms with E-state index in [0.717, 1.165) is 24.5 Å². The molecular formula is C10H16N2O2S. The van der Waals surface area contributed by atoms with E-state index in [0.29, 0.717) is 6.42 Å². The summed E-state index contributed by atoms with van der Waals surface area (Å²) in [7, 11) is 3.44. The number of esters is 1. The van der Waals surface area contributed by atoms with Gasteiger partial charge in [-0.2, -0.15) is 0 Å². The fourth-order valence-electron chi connectivity index (χ4n) is 1.24. The lowest BCUT2D eigenvalue weighted by atomic mass is 10.3. The van der Waals surface area contributed by atoms with Gasteiger partial charge in [0.25, 0.3) is 0 Å². The van der Waals surface area contributed by atoms with E-state index in [1.54, 1.807) is 11.3 Å². The van der Waals surface area contributed by atoms with Gasteiger partial charge in [-0.15, -0.1) is 11.3 Å². The quantitative estimate of drug-likeness (QED) is 0.692. The third-order valence-corrected chi connectivity index (χ3v) is 2.80. The van der Waals surface area contributed by atoms with Crippen molar-refractivity contribution < 1.29 is 9.53 Å². The summed E-state index contributed by atoms with van der Waals surface area (Å²) in [5.74, 6) is -0.141. The second kappa shape index (κ2) is 6.53. The molecule has 4 nitrogen and oxygen atoms in total. The number of hydrogen-bond donors (Lipinski definition) is 0. The molecule has 0 spiro atoms. The van der Waals surface area contributed by atoms with Gasteiger partial charge in [0.15, 0.2) is 0 Å². The van der Waals surface area contributed by atoms with Crippen LogP contribution < -0.4 is 0 Å². The Morgan fingerprint density at radius 3 is 3.07 bits per heavy atom. The summed E-state index contributed by atoms with van der Waals surface area (Å²) in [5, 5.41) is 3.08. The summed E-state index contributed by atoms with van der Waals surface area (Å²) in [5.41, 5.74) is 0. The van der Waals surface area contributed by atoms with Crippen LogP contribution >= 0.6 is 11.3 Å². The minimum absolute atomic E-state index is 0.141. The third-order valence-electron chi connectivity index (χ3n) is 2.04. The molecule has 0 radical (unpaired) electrons. The molecule has 0 unspecified atom stereocenters. The first-order valence-corrected chi connectivity index (χ1v) is 5.74. The smallest absolute Gasteiger partial charge is 0.305 e. The van der Waals surface area contributed by atoms with E-state index in [1.165, 1.54) is 7.11 Å². The second-order valence-corrected chi connectivity index (χ2v) is 4.32. The maximum atomic E-state index is 10.9. The van der Waals surface area contributed by atoms with Crippen LogP contribution in [0.3, 0.4) is 0 Å². The van der Waals surface area contributed by atoms with Crippen molar-refractivity contribution in [2.75, 3.05) is 20.7 Å². The summed E-state index contributed by atoms with van der Waals surface area (Å²) < 4.78 is 4.57. The van der Waals surface area contributed by atoms with Gasteiger partial charge in [0, 0.05) is 18.0 Å². The Morgan fingerprint density at radius 1 is 1.67 bits per heavy atom. The fourth-order valence-corrected chi connectivity index (χ4v) is 1.93. The van der Waals surface area contributed by atoms with Crippen LogP contribution in [0.5, 0.6) is 0 Å². The van der Waals surface area contributed by atoms with Crippen molar-refractivity contribution in [2.45, 2.75) is 19.4 Å². The number of aromatic nitrogens is 1. The topological polar surface area (TPSA) is 42.4 Å². The van der Waals surface area contributed by atoms with Gasteiger partial charge in [-0.25, -0.2) is 4.98 Å². The van der Waals surface area contributed by atoms with Crippen LogP contribution in [0.4, 0.5) is 0 Å². The lowest BCUT2D eigenvalue weighted by molar-refractivity contribution is -0.140. The van der Waals surface area contributed by atoms with Crippen molar-refractivity contribution in [1.29, 1.82) is 0 Å². The first kappa shape index (κ1) is 12.1. The normalized spacial score (nSPS) is 10.6. The monoisotopic (exact) mass is 228 g/mol. The molecular weight excluding hydrogens is 212 g/mol. The van der Waals surface area contributed by atoms with E-state index in [4.69, 9.17) is 0 Å². The molecule has 0 aliphatic rings. The number of ether oxygens (including phenoxy) is 1. The van der Waals surface area contributed by atoms with Crippen molar-refractivity contribution in [2.24, 2.45) is 0 Å². The van der Waals surface area contributed by atoms with E-state index in [2.05, 4.69) is 14.6 Å². The molecule has 1 heterocycles. The number of nitrogens with zero attached hydrogens (tertiary/aromatic N) is 2. The first-order valence-electron chi connectivity index (χ1n) is 4.86. The van der Waals surface area contributed by atoms with Gasteiger partial charge in [0.2, 0.25) is 0 Å². The summed E-state index contributed by atoms with van der Waals surface area (Å²) in [6.45, 7) is 1.73. The van der Waals surface area contributed by atoms with Gasteiger partial charge in [-0.1, -0.05) is 0 Å². The van der Waals surface area contributed by atoms with Crippen LogP contribution in [-0.2, 0) is 16.1 Å². The van der Waals surface area contributed by atoms with E-state index in [1.807, 2.05) is 18.6 Å². The molecule has 0 fully saturated rings. The minimum Gasteiger partial charge on any atom is -0.469 e. The summed E-state index contributed by atoms with van der Waals surface area (Å²) in [4.78, 5) is 17.2. The number of hydrogen-bond acceptors (Lipinski definition) is 5. The number of carbonyl (C=O) groups is 1. The molecule has 0 saturated heterocycles. The van der Waals surface area contributed by atoms with Crippen molar-refractivity contribution in [1.82, 2.24) is 9.88 Å². The summed E-state index contributed by atoms with van der Waals surface area (Å²) in [6, 6.07) is 0. The number of rotatable bonds is 6. The zero-order chi connectivity index (χ0) is 11.1. The second-order valence-electron chi connectivity index (χ2n) is 3.34. The standard InChI is InChI=1S/C10H16N2O2S/c1-12(6-3-4-10(13)14-2)8-9-11-5-7-15-9/h5,7H,3-4,6,8H2,1-2H3. The van der Waals surface area contributed by atoms with Crippen molar-refractivity contribution >= 4 is 17.3 Å². The Kier molecular flexibility index (Phi) is 5.28. The highest BCUT2D eigenvalue weighted by molar-refractivity contribution is 7.09. The van der Waals surface area contributed by atoms with Crippen LogP contribution in [0.15, 0.2) is 11.6 Å². The van der Waals surface area contributed by atoms with Crippen LogP contribution in [0.2, 0.25) is 0 Å². The average Bonchev–Trinajstić information content (AvgIpc) is 2.70. The molecule has 1 rings (SSSR count). The predicted molar refractivity (Wildman–Crippen MR) is 59.7 cm³/mol. The minimum atomic E-state index is -0.141. The van der Waals surface area contributed by atoms with Crippen molar-refractivity contribution in [3.05, 3.63) is 16.6 Å². The molecule has 0 aliphatic carbocycles. The summed E-state index contributed by atoms with van der Waals surface area (Å²) >= 11 is 1.65. The zero-order valence-electron chi connectivity index (χ0n) is 9.10. The van der Waals surface area contributed by atoms with Crippen LogP contribution in [0, 0.1) is 0 Å². The van der Waals surface area contributed by atoms with Crippen LogP contribution in [0.25, 0.3) is 0 Å². The van der Waals surface area contributed by atoms with Gasteiger partial charge >= 0.3 is 5.97 Å². The highest BCUT2D eigenvalue weighted by atomic mass is 32.1. The molecule has 0 aromatic carbocycles. The van der Waals surface area contributed by atoms with E-state index >= 15 is 0 Å². The molecule has 1 aromatic heterocycles. The maximum Gasteiger partial charge on any atom is 0.305 e. The Bertz CT molecular complexity index is 288. The fraction of sp³-hybridized carbons (Fsp3) is 0.600. The highest BCUT2D eigenvalue weighted by Gasteiger charge is 2.04. The molecule has 0 atom stereocenters. The zero-order valence-corrected chi connectivity index (χ0v) is 9.92.